The molecule has 5 nitrogen and oxygen atoms in total. The second-order valence-electron chi connectivity index (χ2n) is 4.74. The van der Waals surface area contributed by atoms with Crippen LogP contribution in [-0.4, -0.2) is 36.3 Å². The lowest BCUT2D eigenvalue weighted by Crippen LogP contribution is -2.36. The first-order valence-corrected chi connectivity index (χ1v) is 7.63. The van der Waals surface area contributed by atoms with Crippen molar-refractivity contribution in [2.45, 2.75) is 13.5 Å². The van der Waals surface area contributed by atoms with Crippen molar-refractivity contribution in [2.75, 3.05) is 36.5 Å². The van der Waals surface area contributed by atoms with Crippen LogP contribution in [0.4, 0.5) is 11.5 Å². The number of aromatic nitrogens is 2. The number of rotatable bonds is 4. The van der Waals surface area contributed by atoms with Crippen LogP contribution in [0.15, 0.2) is 23.7 Å². The number of ether oxygens (including phenoxy) is 1. The molecule has 3 heterocycles. The van der Waals surface area contributed by atoms with Gasteiger partial charge in [-0.05, 0) is 19.1 Å². The van der Waals surface area contributed by atoms with E-state index in [0.29, 0.717) is 0 Å². The highest BCUT2D eigenvalue weighted by molar-refractivity contribution is 7.09. The van der Waals surface area contributed by atoms with Gasteiger partial charge in [0.05, 0.1) is 31.6 Å². The molecule has 0 saturated carbocycles. The smallest absolute Gasteiger partial charge is 0.128 e. The molecule has 1 fully saturated rings. The van der Waals surface area contributed by atoms with Gasteiger partial charge in [-0.1, -0.05) is 0 Å². The summed E-state index contributed by atoms with van der Waals surface area (Å²) in [5, 5.41) is 6.51. The Morgan fingerprint density at radius 2 is 2.20 bits per heavy atom. The standard InChI is InChI=1S/C14H18N4OS/c1-11-10-20-14(17-11)9-15-12-2-3-13(16-8-12)18-4-6-19-7-5-18/h2-3,8,10,15H,4-7,9H2,1H3. The molecular weight excluding hydrogens is 272 g/mol. The van der Waals surface area contributed by atoms with Crippen molar-refractivity contribution < 1.29 is 4.74 Å². The normalized spacial score (nSPS) is 15.3. The lowest BCUT2D eigenvalue weighted by Gasteiger charge is -2.27. The van der Waals surface area contributed by atoms with Crippen molar-refractivity contribution in [3.05, 3.63) is 34.4 Å². The number of aryl methyl sites for hydroxylation is 1. The maximum absolute atomic E-state index is 5.35. The van der Waals surface area contributed by atoms with Crippen LogP contribution in [0.3, 0.4) is 0 Å². The first-order chi connectivity index (χ1) is 9.81. The van der Waals surface area contributed by atoms with E-state index < -0.39 is 0 Å². The summed E-state index contributed by atoms with van der Waals surface area (Å²) in [5.74, 6) is 1.02. The highest BCUT2D eigenvalue weighted by Crippen LogP contribution is 2.17. The Hall–Kier alpha value is -1.66. The van der Waals surface area contributed by atoms with Gasteiger partial charge in [0.2, 0.25) is 0 Å². The third-order valence-corrected chi connectivity index (χ3v) is 4.16. The van der Waals surface area contributed by atoms with Gasteiger partial charge in [-0.2, -0.15) is 0 Å². The molecule has 1 saturated heterocycles. The third-order valence-electron chi connectivity index (χ3n) is 3.19. The van der Waals surface area contributed by atoms with Crippen LogP contribution in [0, 0.1) is 6.92 Å². The van der Waals surface area contributed by atoms with Crippen LogP contribution in [-0.2, 0) is 11.3 Å². The van der Waals surface area contributed by atoms with Crippen molar-refractivity contribution in [1.29, 1.82) is 0 Å². The molecule has 2 aromatic rings. The molecule has 0 aliphatic carbocycles. The Labute approximate surface area is 122 Å². The van der Waals surface area contributed by atoms with Crippen molar-refractivity contribution >= 4 is 22.8 Å². The van der Waals surface area contributed by atoms with Crippen LogP contribution >= 0.6 is 11.3 Å². The minimum absolute atomic E-state index is 0.747. The molecule has 6 heteroatoms. The third kappa shape index (κ3) is 3.26. The lowest BCUT2D eigenvalue weighted by molar-refractivity contribution is 0.122. The van der Waals surface area contributed by atoms with Gasteiger partial charge in [-0.3, -0.25) is 0 Å². The molecule has 0 spiro atoms. The van der Waals surface area contributed by atoms with Gasteiger partial charge in [0, 0.05) is 24.2 Å². The highest BCUT2D eigenvalue weighted by atomic mass is 32.1. The predicted octanol–water partition coefficient (Wildman–Crippen LogP) is 2.30. The molecule has 0 aromatic carbocycles. The van der Waals surface area contributed by atoms with E-state index in [2.05, 4.69) is 37.7 Å². The highest BCUT2D eigenvalue weighted by Gasteiger charge is 2.11. The summed E-state index contributed by atoms with van der Waals surface area (Å²) in [7, 11) is 0. The number of nitrogens with one attached hydrogen (secondary N) is 1. The first-order valence-electron chi connectivity index (χ1n) is 6.75. The average Bonchev–Trinajstić information content (AvgIpc) is 2.92. The zero-order valence-electron chi connectivity index (χ0n) is 11.5. The van der Waals surface area contributed by atoms with E-state index in [-0.39, 0.29) is 0 Å². The number of thiazole rings is 1. The molecule has 0 unspecified atom stereocenters. The molecule has 106 valence electrons. The molecule has 0 bridgehead atoms. The molecule has 3 rings (SSSR count). The molecular formula is C14H18N4OS. The number of hydrogen-bond acceptors (Lipinski definition) is 6. The number of anilines is 2. The molecule has 20 heavy (non-hydrogen) atoms. The van der Waals surface area contributed by atoms with Gasteiger partial charge in [0.1, 0.15) is 10.8 Å². The van der Waals surface area contributed by atoms with Crippen molar-refractivity contribution in [1.82, 2.24) is 9.97 Å². The number of nitrogens with zero attached hydrogens (tertiary/aromatic N) is 3. The fraction of sp³-hybridized carbons (Fsp3) is 0.429. The van der Waals surface area contributed by atoms with Gasteiger partial charge in [-0.25, -0.2) is 9.97 Å². The van der Waals surface area contributed by atoms with E-state index in [4.69, 9.17) is 4.74 Å². The Morgan fingerprint density at radius 1 is 1.35 bits per heavy atom. The Kier molecular flexibility index (Phi) is 4.13. The topological polar surface area (TPSA) is 50.3 Å². The molecule has 2 aromatic heterocycles. The van der Waals surface area contributed by atoms with Crippen LogP contribution in [0.2, 0.25) is 0 Å². The molecule has 0 amide bonds. The van der Waals surface area contributed by atoms with E-state index in [1.807, 2.05) is 13.1 Å². The summed E-state index contributed by atoms with van der Waals surface area (Å²) in [6, 6.07) is 4.12. The van der Waals surface area contributed by atoms with Crippen molar-refractivity contribution in [3.8, 4) is 0 Å². The minimum Gasteiger partial charge on any atom is -0.378 e. The van der Waals surface area contributed by atoms with Gasteiger partial charge in [-0.15, -0.1) is 11.3 Å². The lowest BCUT2D eigenvalue weighted by atomic mass is 10.3. The monoisotopic (exact) mass is 290 g/mol. The Bertz CT molecular complexity index is 549. The first kappa shape index (κ1) is 13.3. The van der Waals surface area contributed by atoms with Gasteiger partial charge in [0.25, 0.3) is 0 Å². The average molecular weight is 290 g/mol. The van der Waals surface area contributed by atoms with Crippen molar-refractivity contribution in [2.24, 2.45) is 0 Å². The Morgan fingerprint density at radius 3 is 2.85 bits per heavy atom. The fourth-order valence-corrected chi connectivity index (χ4v) is 2.84. The van der Waals surface area contributed by atoms with Crippen LogP contribution < -0.4 is 10.2 Å². The van der Waals surface area contributed by atoms with E-state index in [1.165, 1.54) is 0 Å². The number of pyridine rings is 1. The van der Waals surface area contributed by atoms with Gasteiger partial charge >= 0.3 is 0 Å². The summed E-state index contributed by atoms with van der Waals surface area (Å²) < 4.78 is 5.35. The van der Waals surface area contributed by atoms with E-state index in [9.17, 15) is 0 Å². The summed E-state index contributed by atoms with van der Waals surface area (Å²) >= 11 is 1.68. The second-order valence-corrected chi connectivity index (χ2v) is 5.68. The quantitative estimate of drug-likeness (QED) is 0.936. The summed E-state index contributed by atoms with van der Waals surface area (Å²) in [4.78, 5) is 11.2. The molecule has 1 aliphatic rings. The zero-order valence-corrected chi connectivity index (χ0v) is 12.3. The van der Waals surface area contributed by atoms with Crippen LogP contribution in [0.25, 0.3) is 0 Å². The van der Waals surface area contributed by atoms with E-state index in [0.717, 1.165) is 55.1 Å². The summed E-state index contributed by atoms with van der Waals surface area (Å²) in [6.07, 6.45) is 1.88. The fourth-order valence-electron chi connectivity index (χ4n) is 2.13. The van der Waals surface area contributed by atoms with E-state index in [1.54, 1.807) is 11.3 Å². The van der Waals surface area contributed by atoms with Crippen LogP contribution in [0.1, 0.15) is 10.7 Å². The number of hydrogen-bond donors (Lipinski definition) is 1. The molecule has 1 aliphatic heterocycles. The maximum atomic E-state index is 5.35. The summed E-state index contributed by atoms with van der Waals surface area (Å²) in [5.41, 5.74) is 2.10. The Balaban J connectivity index is 1.58. The van der Waals surface area contributed by atoms with Gasteiger partial charge < -0.3 is 15.0 Å². The van der Waals surface area contributed by atoms with Gasteiger partial charge in [0.15, 0.2) is 0 Å². The molecule has 0 radical (unpaired) electrons. The predicted molar refractivity (Wildman–Crippen MR) is 81.4 cm³/mol. The SMILES string of the molecule is Cc1csc(CNc2ccc(N3CCOCC3)nc2)n1. The summed E-state index contributed by atoms with van der Waals surface area (Å²) in [6.45, 7) is 6.16. The number of morpholine rings is 1. The maximum Gasteiger partial charge on any atom is 0.128 e. The zero-order chi connectivity index (χ0) is 13.8. The molecule has 1 N–H and O–H groups in total. The molecule has 0 atom stereocenters. The van der Waals surface area contributed by atoms with Crippen molar-refractivity contribution in [3.63, 3.8) is 0 Å². The minimum atomic E-state index is 0.747. The second kappa shape index (κ2) is 6.19. The largest absolute Gasteiger partial charge is 0.378 e. The van der Waals surface area contributed by atoms with Crippen LogP contribution in [0.5, 0.6) is 0 Å². The van der Waals surface area contributed by atoms with E-state index >= 15 is 0 Å².